The Morgan fingerprint density at radius 3 is 2.28 bits per heavy atom. The molecule has 0 aromatic heterocycles. The smallest absolute Gasteiger partial charge is 0.309 e. The number of hydrogen-bond acceptors (Lipinski definition) is 4. The van der Waals surface area contributed by atoms with Crippen molar-refractivity contribution in [2.45, 2.75) is 32.4 Å². The zero-order valence-corrected chi connectivity index (χ0v) is 14.5. The highest BCUT2D eigenvalue weighted by Crippen LogP contribution is 2.16. The zero-order chi connectivity index (χ0) is 18.1. The van der Waals surface area contributed by atoms with Crippen LogP contribution in [0.3, 0.4) is 0 Å². The normalized spacial score (nSPS) is 11.4. The summed E-state index contributed by atoms with van der Waals surface area (Å²) in [5.41, 5.74) is 1.87. The monoisotopic (exact) mass is 341 g/mol. The van der Waals surface area contributed by atoms with E-state index in [1.165, 1.54) is 7.11 Å². The summed E-state index contributed by atoms with van der Waals surface area (Å²) in [5.74, 6) is 0.153. The number of ether oxygens (including phenoxy) is 2. The first-order chi connectivity index (χ1) is 12.1. The van der Waals surface area contributed by atoms with Gasteiger partial charge in [0.05, 0.1) is 13.5 Å². The third-order valence-electron chi connectivity index (χ3n) is 3.75. The number of benzene rings is 2. The van der Waals surface area contributed by atoms with Gasteiger partial charge in [-0.2, -0.15) is 0 Å². The second kappa shape index (κ2) is 9.47. The van der Waals surface area contributed by atoms with Crippen molar-refractivity contribution in [1.29, 1.82) is 0 Å². The van der Waals surface area contributed by atoms with Gasteiger partial charge in [0.1, 0.15) is 5.75 Å². The maximum atomic E-state index is 12.3. The van der Waals surface area contributed by atoms with Gasteiger partial charge in [-0.15, -0.1) is 0 Å². The Hall–Kier alpha value is -2.82. The highest BCUT2D eigenvalue weighted by atomic mass is 16.5. The topological polar surface area (TPSA) is 64.6 Å². The van der Waals surface area contributed by atoms with Crippen molar-refractivity contribution in [2.75, 3.05) is 7.11 Å². The first-order valence-corrected chi connectivity index (χ1v) is 8.26. The minimum Gasteiger partial charge on any atom is -0.481 e. The van der Waals surface area contributed by atoms with E-state index in [0.717, 1.165) is 11.1 Å². The molecule has 2 rings (SSSR count). The van der Waals surface area contributed by atoms with E-state index in [2.05, 4.69) is 10.1 Å². The second-order valence-corrected chi connectivity index (χ2v) is 5.62. The standard InChI is InChI=1S/C20H23NO4/c1-3-18(20(23)21-14-16-7-5-4-6-8-16)25-17-11-9-15(10-12-17)13-19(22)24-2/h4-12,18H,3,13-14H2,1-2H3,(H,21,23)/t18-/m1/s1. The van der Waals surface area contributed by atoms with Gasteiger partial charge >= 0.3 is 5.97 Å². The van der Waals surface area contributed by atoms with Crippen LogP contribution >= 0.6 is 0 Å². The van der Waals surface area contributed by atoms with Crippen LogP contribution in [0.1, 0.15) is 24.5 Å². The highest BCUT2D eigenvalue weighted by Gasteiger charge is 2.18. The van der Waals surface area contributed by atoms with Gasteiger partial charge < -0.3 is 14.8 Å². The summed E-state index contributed by atoms with van der Waals surface area (Å²) in [6.45, 7) is 2.37. The van der Waals surface area contributed by atoms with Crippen LogP contribution in [0.2, 0.25) is 0 Å². The van der Waals surface area contributed by atoms with Gasteiger partial charge in [-0.3, -0.25) is 9.59 Å². The average molecular weight is 341 g/mol. The Morgan fingerprint density at radius 1 is 1.00 bits per heavy atom. The van der Waals surface area contributed by atoms with E-state index in [1.807, 2.05) is 37.3 Å². The molecular weight excluding hydrogens is 318 g/mol. The van der Waals surface area contributed by atoms with E-state index in [1.54, 1.807) is 24.3 Å². The lowest BCUT2D eigenvalue weighted by Gasteiger charge is -2.17. The summed E-state index contributed by atoms with van der Waals surface area (Å²) >= 11 is 0. The average Bonchev–Trinajstić information content (AvgIpc) is 2.66. The van der Waals surface area contributed by atoms with Gasteiger partial charge in [0.15, 0.2) is 6.10 Å². The van der Waals surface area contributed by atoms with Gasteiger partial charge in [-0.1, -0.05) is 49.4 Å². The van der Waals surface area contributed by atoms with Crippen LogP contribution < -0.4 is 10.1 Å². The maximum Gasteiger partial charge on any atom is 0.309 e. The molecule has 0 aliphatic heterocycles. The maximum absolute atomic E-state index is 12.3. The van der Waals surface area contributed by atoms with Gasteiger partial charge in [0.2, 0.25) is 0 Å². The minimum atomic E-state index is -0.560. The van der Waals surface area contributed by atoms with E-state index >= 15 is 0 Å². The molecule has 2 aromatic carbocycles. The minimum absolute atomic E-state index is 0.148. The number of nitrogens with one attached hydrogen (secondary N) is 1. The second-order valence-electron chi connectivity index (χ2n) is 5.62. The number of carbonyl (C=O) groups excluding carboxylic acids is 2. The summed E-state index contributed by atoms with van der Waals surface area (Å²) in [5, 5.41) is 2.89. The van der Waals surface area contributed by atoms with Gasteiger partial charge in [0.25, 0.3) is 5.91 Å². The Kier molecular flexibility index (Phi) is 7.01. The Bertz CT molecular complexity index is 683. The molecular formula is C20H23NO4. The van der Waals surface area contributed by atoms with E-state index < -0.39 is 6.10 Å². The van der Waals surface area contributed by atoms with Crippen LogP contribution in [-0.2, 0) is 27.3 Å². The molecule has 0 saturated heterocycles. The molecule has 1 N–H and O–H groups in total. The summed E-state index contributed by atoms with van der Waals surface area (Å²) < 4.78 is 10.4. The van der Waals surface area contributed by atoms with Crippen LogP contribution in [0.4, 0.5) is 0 Å². The van der Waals surface area contributed by atoms with E-state index in [0.29, 0.717) is 18.7 Å². The van der Waals surface area contributed by atoms with Crippen molar-refractivity contribution in [2.24, 2.45) is 0 Å². The van der Waals surface area contributed by atoms with E-state index in [4.69, 9.17) is 4.74 Å². The molecule has 0 unspecified atom stereocenters. The van der Waals surface area contributed by atoms with Crippen molar-refractivity contribution < 1.29 is 19.1 Å². The molecule has 2 aromatic rings. The quantitative estimate of drug-likeness (QED) is 0.750. The molecule has 0 aliphatic rings. The molecule has 0 heterocycles. The van der Waals surface area contributed by atoms with Crippen molar-refractivity contribution in [1.82, 2.24) is 5.32 Å². The van der Waals surface area contributed by atoms with Gasteiger partial charge in [0, 0.05) is 6.54 Å². The van der Waals surface area contributed by atoms with Crippen LogP contribution in [0, 0.1) is 0 Å². The van der Waals surface area contributed by atoms with Crippen molar-refractivity contribution in [3.63, 3.8) is 0 Å². The highest BCUT2D eigenvalue weighted by molar-refractivity contribution is 5.81. The van der Waals surface area contributed by atoms with Crippen molar-refractivity contribution in [3.8, 4) is 5.75 Å². The fourth-order valence-corrected chi connectivity index (χ4v) is 2.31. The Morgan fingerprint density at radius 2 is 1.68 bits per heavy atom. The number of amides is 1. The molecule has 5 nitrogen and oxygen atoms in total. The van der Waals surface area contributed by atoms with Crippen LogP contribution in [0.15, 0.2) is 54.6 Å². The van der Waals surface area contributed by atoms with E-state index in [9.17, 15) is 9.59 Å². The summed E-state index contributed by atoms with van der Waals surface area (Å²) in [7, 11) is 1.36. The van der Waals surface area contributed by atoms with Crippen molar-refractivity contribution in [3.05, 3.63) is 65.7 Å². The number of esters is 1. The van der Waals surface area contributed by atoms with Crippen molar-refractivity contribution >= 4 is 11.9 Å². The predicted molar refractivity (Wildman–Crippen MR) is 95.2 cm³/mol. The molecule has 0 spiro atoms. The summed E-state index contributed by atoms with van der Waals surface area (Å²) in [6, 6.07) is 16.8. The fourth-order valence-electron chi connectivity index (χ4n) is 2.31. The predicted octanol–water partition coefficient (Wildman–Crippen LogP) is 2.88. The Balaban J connectivity index is 1.89. The number of rotatable bonds is 8. The first-order valence-electron chi connectivity index (χ1n) is 8.26. The lowest BCUT2D eigenvalue weighted by molar-refractivity contribution is -0.139. The van der Waals surface area contributed by atoms with Crippen LogP contribution in [0.25, 0.3) is 0 Å². The summed E-state index contributed by atoms with van der Waals surface area (Å²) in [4.78, 5) is 23.6. The molecule has 25 heavy (non-hydrogen) atoms. The third kappa shape index (κ3) is 5.95. The zero-order valence-electron chi connectivity index (χ0n) is 14.5. The third-order valence-corrected chi connectivity index (χ3v) is 3.75. The van der Waals surface area contributed by atoms with E-state index in [-0.39, 0.29) is 18.3 Å². The fraction of sp³-hybridized carbons (Fsp3) is 0.300. The molecule has 0 fully saturated rings. The number of hydrogen-bond donors (Lipinski definition) is 1. The van der Waals surface area contributed by atoms with Gasteiger partial charge in [-0.05, 0) is 29.7 Å². The molecule has 0 aliphatic carbocycles. The number of methoxy groups -OCH3 is 1. The molecule has 5 heteroatoms. The molecule has 1 amide bonds. The van der Waals surface area contributed by atoms with Crippen LogP contribution in [0.5, 0.6) is 5.75 Å². The molecule has 0 bridgehead atoms. The van der Waals surface area contributed by atoms with Crippen LogP contribution in [-0.4, -0.2) is 25.1 Å². The lowest BCUT2D eigenvalue weighted by Crippen LogP contribution is -2.37. The SMILES string of the molecule is CC[C@@H](Oc1ccc(CC(=O)OC)cc1)C(=O)NCc1ccccc1. The first kappa shape index (κ1) is 18.5. The molecule has 132 valence electrons. The molecule has 1 atom stereocenters. The Labute approximate surface area is 148 Å². The van der Waals surface area contributed by atoms with Gasteiger partial charge in [-0.25, -0.2) is 0 Å². The lowest BCUT2D eigenvalue weighted by atomic mass is 10.1. The number of carbonyl (C=O) groups is 2. The largest absolute Gasteiger partial charge is 0.481 e. The molecule has 0 saturated carbocycles. The molecule has 0 radical (unpaired) electrons. The summed E-state index contributed by atoms with van der Waals surface area (Å²) in [6.07, 6.45) is 0.214.